The van der Waals surface area contributed by atoms with Crippen molar-refractivity contribution in [1.82, 2.24) is 21.0 Å². The number of hydrazine groups is 1. The second kappa shape index (κ2) is 7.82. The van der Waals surface area contributed by atoms with Crippen LogP contribution in [0.15, 0.2) is 57.7 Å². The molecule has 8 heteroatoms. The van der Waals surface area contributed by atoms with Gasteiger partial charge in [-0.2, -0.15) is 0 Å². The van der Waals surface area contributed by atoms with Gasteiger partial charge in [-0.1, -0.05) is 23.4 Å². The third-order valence-corrected chi connectivity index (χ3v) is 4.95. The van der Waals surface area contributed by atoms with E-state index in [1.165, 1.54) is 0 Å². The average molecular weight is 404 g/mol. The maximum absolute atomic E-state index is 12.9. The zero-order valence-corrected chi connectivity index (χ0v) is 16.7. The number of carbonyl (C=O) groups excluding carboxylic acids is 2. The van der Waals surface area contributed by atoms with E-state index in [9.17, 15) is 9.59 Å². The first-order chi connectivity index (χ1) is 14.5. The summed E-state index contributed by atoms with van der Waals surface area (Å²) >= 11 is 0. The molecule has 0 aliphatic rings. The normalized spacial score (nSPS) is 12.0. The van der Waals surface area contributed by atoms with Crippen molar-refractivity contribution in [2.24, 2.45) is 0 Å². The average Bonchev–Trinajstić information content (AvgIpc) is 3.40. The summed E-state index contributed by atoms with van der Waals surface area (Å²) in [6, 6.07) is 12.4. The van der Waals surface area contributed by atoms with Gasteiger partial charge in [-0.25, -0.2) is 4.98 Å². The molecule has 0 fully saturated rings. The molecule has 0 bridgehead atoms. The fourth-order valence-corrected chi connectivity index (χ4v) is 3.45. The highest BCUT2D eigenvalue weighted by Gasteiger charge is 2.24. The molecule has 1 atom stereocenters. The molecular formula is C22H20N4O4. The zero-order valence-electron chi connectivity index (χ0n) is 16.7. The lowest BCUT2D eigenvalue weighted by Crippen LogP contribution is -2.43. The predicted octanol–water partition coefficient (Wildman–Crippen LogP) is 3.66. The topological polar surface area (TPSA) is 110 Å². The van der Waals surface area contributed by atoms with Gasteiger partial charge in [0.1, 0.15) is 11.5 Å². The number of aromatic nitrogens is 2. The minimum atomic E-state index is -0.538. The number of nitrogens with one attached hydrogen (secondary N) is 2. The number of pyridine rings is 1. The molecule has 0 aliphatic carbocycles. The molecule has 30 heavy (non-hydrogen) atoms. The van der Waals surface area contributed by atoms with Gasteiger partial charge in [0.15, 0.2) is 5.76 Å². The summed E-state index contributed by atoms with van der Waals surface area (Å²) in [5.74, 6) is -0.247. The van der Waals surface area contributed by atoms with Crippen LogP contribution < -0.4 is 10.9 Å². The number of aryl methyl sites for hydroxylation is 2. The quantitative estimate of drug-likeness (QED) is 0.502. The van der Waals surface area contributed by atoms with Crippen LogP contribution in [-0.4, -0.2) is 22.0 Å². The van der Waals surface area contributed by atoms with Crippen LogP contribution in [0.3, 0.4) is 0 Å². The van der Waals surface area contributed by atoms with Gasteiger partial charge in [-0.3, -0.25) is 20.4 Å². The van der Waals surface area contributed by atoms with Crippen molar-refractivity contribution >= 4 is 22.7 Å². The second-order valence-corrected chi connectivity index (χ2v) is 6.95. The predicted molar refractivity (Wildman–Crippen MR) is 109 cm³/mol. The highest BCUT2D eigenvalue weighted by molar-refractivity contribution is 6.07. The molecule has 4 rings (SSSR count). The molecule has 0 spiro atoms. The Labute approximate surface area is 172 Å². The van der Waals surface area contributed by atoms with Crippen LogP contribution in [0.5, 0.6) is 0 Å². The number of rotatable bonds is 4. The van der Waals surface area contributed by atoms with Crippen molar-refractivity contribution in [3.63, 3.8) is 0 Å². The van der Waals surface area contributed by atoms with Gasteiger partial charge in [0.05, 0.1) is 29.0 Å². The lowest BCUT2D eigenvalue weighted by molar-refractivity contribution is -0.123. The molecule has 3 heterocycles. The van der Waals surface area contributed by atoms with E-state index in [1.807, 2.05) is 18.2 Å². The van der Waals surface area contributed by atoms with Crippen LogP contribution in [0.1, 0.15) is 40.2 Å². The molecule has 0 saturated heterocycles. The number of nitrogens with zero attached hydrogens (tertiary/aromatic N) is 2. The highest BCUT2D eigenvalue weighted by atomic mass is 16.5. The van der Waals surface area contributed by atoms with Crippen molar-refractivity contribution in [3.8, 4) is 11.5 Å². The van der Waals surface area contributed by atoms with Gasteiger partial charge >= 0.3 is 0 Å². The maximum Gasteiger partial charge on any atom is 0.270 e. The fourth-order valence-electron chi connectivity index (χ4n) is 3.45. The monoisotopic (exact) mass is 404 g/mol. The van der Waals surface area contributed by atoms with Crippen molar-refractivity contribution < 1.29 is 18.5 Å². The van der Waals surface area contributed by atoms with E-state index in [4.69, 9.17) is 8.94 Å². The summed E-state index contributed by atoms with van der Waals surface area (Å²) in [4.78, 5) is 30.0. The Kier molecular flexibility index (Phi) is 5.05. The number of carbonyl (C=O) groups is 2. The Hall–Kier alpha value is -3.94. The summed E-state index contributed by atoms with van der Waals surface area (Å²) in [6.07, 6.45) is 1.54. The minimum absolute atomic E-state index is 0.372. The minimum Gasteiger partial charge on any atom is -0.463 e. The molecule has 4 aromatic rings. The van der Waals surface area contributed by atoms with E-state index in [2.05, 4.69) is 21.0 Å². The van der Waals surface area contributed by atoms with Crippen molar-refractivity contribution in [2.45, 2.75) is 26.7 Å². The Morgan fingerprint density at radius 3 is 2.57 bits per heavy atom. The molecule has 0 saturated carbocycles. The number of para-hydroxylation sites is 1. The molecule has 8 nitrogen and oxygen atoms in total. The molecule has 1 unspecified atom stereocenters. The second-order valence-electron chi connectivity index (χ2n) is 6.95. The van der Waals surface area contributed by atoms with Crippen molar-refractivity contribution in [1.29, 1.82) is 0 Å². The highest BCUT2D eigenvalue weighted by Crippen LogP contribution is 2.25. The van der Waals surface area contributed by atoms with Gasteiger partial charge in [-0.05, 0) is 45.0 Å². The first-order valence-corrected chi connectivity index (χ1v) is 9.42. The number of hydrogen-bond donors (Lipinski definition) is 2. The first-order valence-electron chi connectivity index (χ1n) is 9.42. The van der Waals surface area contributed by atoms with Crippen LogP contribution in [-0.2, 0) is 4.79 Å². The van der Waals surface area contributed by atoms with Gasteiger partial charge < -0.3 is 8.94 Å². The molecule has 2 amide bonds. The molecule has 152 valence electrons. The van der Waals surface area contributed by atoms with E-state index in [0.29, 0.717) is 44.9 Å². The number of amides is 2. The summed E-state index contributed by atoms with van der Waals surface area (Å²) in [5.41, 5.74) is 7.88. The maximum atomic E-state index is 12.9. The molecule has 0 aliphatic heterocycles. The Balaban J connectivity index is 1.58. The van der Waals surface area contributed by atoms with Gasteiger partial charge in [0, 0.05) is 10.9 Å². The smallest absolute Gasteiger partial charge is 0.270 e. The van der Waals surface area contributed by atoms with E-state index < -0.39 is 11.8 Å². The van der Waals surface area contributed by atoms with E-state index in [0.717, 1.165) is 0 Å². The molecule has 2 N–H and O–H groups in total. The number of fused-ring (bicyclic) bond motifs is 1. The summed E-state index contributed by atoms with van der Waals surface area (Å²) < 4.78 is 10.5. The van der Waals surface area contributed by atoms with Gasteiger partial charge in [-0.15, -0.1) is 0 Å². The van der Waals surface area contributed by atoms with Gasteiger partial charge in [0.25, 0.3) is 5.91 Å². The van der Waals surface area contributed by atoms with Gasteiger partial charge in [0.2, 0.25) is 5.91 Å². The summed E-state index contributed by atoms with van der Waals surface area (Å²) in [6.45, 7) is 5.25. The van der Waals surface area contributed by atoms with E-state index >= 15 is 0 Å². The largest absolute Gasteiger partial charge is 0.463 e. The fraction of sp³-hybridized carbons (Fsp3) is 0.182. The standard InChI is InChI=1S/C22H20N4O4/c1-12(20-13(2)26-30-14(20)3)21(27)24-25-22(28)16-11-18(19-9-6-10-29-19)23-17-8-5-4-7-15(16)17/h4-12H,1-3H3,(H,24,27)(H,25,28). The lowest BCUT2D eigenvalue weighted by Gasteiger charge is -2.14. The molecule has 0 radical (unpaired) electrons. The summed E-state index contributed by atoms with van der Waals surface area (Å²) in [5, 5.41) is 4.54. The van der Waals surface area contributed by atoms with Crippen LogP contribution in [0.2, 0.25) is 0 Å². The lowest BCUT2D eigenvalue weighted by atomic mass is 9.99. The number of furan rings is 1. The van der Waals surface area contributed by atoms with Crippen LogP contribution >= 0.6 is 0 Å². The SMILES string of the molecule is Cc1noc(C)c1C(C)C(=O)NNC(=O)c1cc(-c2ccco2)nc2ccccc12. The van der Waals surface area contributed by atoms with E-state index in [-0.39, 0.29) is 5.91 Å². The first kappa shape index (κ1) is 19.4. The number of hydrogen-bond acceptors (Lipinski definition) is 6. The van der Waals surface area contributed by atoms with Crippen LogP contribution in [0.4, 0.5) is 0 Å². The Morgan fingerprint density at radius 2 is 1.87 bits per heavy atom. The Bertz CT molecular complexity index is 1210. The van der Waals surface area contributed by atoms with Crippen molar-refractivity contribution in [2.75, 3.05) is 0 Å². The van der Waals surface area contributed by atoms with Crippen molar-refractivity contribution in [3.05, 3.63) is 71.3 Å². The molecule has 3 aromatic heterocycles. The number of benzene rings is 1. The zero-order chi connectivity index (χ0) is 21.3. The third kappa shape index (κ3) is 3.55. The van der Waals surface area contributed by atoms with E-state index in [1.54, 1.807) is 51.3 Å². The molecule has 1 aromatic carbocycles. The summed E-state index contributed by atoms with van der Waals surface area (Å²) in [7, 11) is 0. The van der Waals surface area contributed by atoms with Crippen LogP contribution in [0.25, 0.3) is 22.4 Å². The van der Waals surface area contributed by atoms with Crippen LogP contribution in [0, 0.1) is 13.8 Å². The third-order valence-electron chi connectivity index (χ3n) is 4.95. The Morgan fingerprint density at radius 1 is 1.07 bits per heavy atom. The molecular weight excluding hydrogens is 384 g/mol.